The van der Waals surface area contributed by atoms with Crippen LogP contribution in [0.3, 0.4) is 0 Å². The summed E-state index contributed by atoms with van der Waals surface area (Å²) in [7, 11) is 3.02. The summed E-state index contributed by atoms with van der Waals surface area (Å²) in [5.74, 6) is 0.578. The van der Waals surface area contributed by atoms with Gasteiger partial charge < -0.3 is 14.8 Å². The first kappa shape index (κ1) is 21.4. The molecule has 32 heavy (non-hydrogen) atoms. The molecule has 2 aromatic carbocycles. The highest BCUT2D eigenvalue weighted by atomic mass is 32.1. The number of carbonyl (C=O) groups excluding carboxylic acids is 1. The minimum atomic E-state index is -0.580. The van der Waals surface area contributed by atoms with Crippen molar-refractivity contribution >= 4 is 33.1 Å². The fraction of sp³-hybridized carbons (Fsp3) is 0.174. The summed E-state index contributed by atoms with van der Waals surface area (Å²) in [6, 6.07) is 13.8. The molecule has 1 N–H and O–H groups in total. The maximum Gasteiger partial charge on any atom is 0.336 e. The van der Waals surface area contributed by atoms with Gasteiger partial charge in [0, 0.05) is 6.07 Å². The van der Waals surface area contributed by atoms with E-state index < -0.39 is 17.2 Å². The number of anilines is 1. The number of methoxy groups -OCH3 is 2. The second kappa shape index (κ2) is 8.72. The molecule has 2 aromatic heterocycles. The molecule has 4 aromatic rings. The average Bonchev–Trinajstić information content (AvgIpc) is 3.27. The number of aryl methyl sites for hydroxylation is 1. The van der Waals surface area contributed by atoms with Gasteiger partial charge in [-0.1, -0.05) is 12.1 Å². The van der Waals surface area contributed by atoms with Crippen molar-refractivity contribution < 1.29 is 14.3 Å². The van der Waals surface area contributed by atoms with Crippen molar-refractivity contribution in [1.29, 1.82) is 0 Å². The van der Waals surface area contributed by atoms with Gasteiger partial charge in [0.1, 0.15) is 22.7 Å². The predicted molar refractivity (Wildman–Crippen MR) is 125 cm³/mol. The number of benzene rings is 2. The third-order valence-corrected chi connectivity index (χ3v) is 5.89. The highest BCUT2D eigenvalue weighted by Gasteiger charge is 2.18. The van der Waals surface area contributed by atoms with Crippen LogP contribution in [0.25, 0.3) is 15.9 Å². The monoisotopic (exact) mass is 451 g/mol. The van der Waals surface area contributed by atoms with Gasteiger partial charge in [0.25, 0.3) is 5.56 Å². The molecule has 4 rings (SSSR count). The smallest absolute Gasteiger partial charge is 0.336 e. The van der Waals surface area contributed by atoms with Gasteiger partial charge in [-0.15, -0.1) is 11.3 Å². The SMILES string of the molecule is COc1ccc(NC(=O)Cn2c(=O)n(-c3cccc(C)c3)c(=O)c3sccc32)c(OC)c1. The number of nitrogens with zero attached hydrogens (tertiary/aromatic N) is 2. The van der Waals surface area contributed by atoms with Crippen LogP contribution in [0.2, 0.25) is 0 Å². The van der Waals surface area contributed by atoms with E-state index in [1.807, 2.05) is 13.0 Å². The molecule has 0 aliphatic heterocycles. The third kappa shape index (κ3) is 3.90. The summed E-state index contributed by atoms with van der Waals surface area (Å²) in [5.41, 5.74) is 1.25. The lowest BCUT2D eigenvalue weighted by atomic mass is 10.2. The van der Waals surface area contributed by atoms with E-state index in [1.54, 1.807) is 47.8 Å². The first-order valence-corrected chi connectivity index (χ1v) is 10.6. The van der Waals surface area contributed by atoms with E-state index in [4.69, 9.17) is 9.47 Å². The standard InChI is InChI=1S/C23H21N3O5S/c1-14-5-4-6-15(11-14)26-22(28)21-18(9-10-32-21)25(23(26)29)13-20(27)24-17-8-7-16(30-2)12-19(17)31-3/h4-12H,13H2,1-3H3,(H,24,27). The van der Waals surface area contributed by atoms with E-state index in [2.05, 4.69) is 5.32 Å². The number of hydrogen-bond acceptors (Lipinski definition) is 6. The van der Waals surface area contributed by atoms with Crippen molar-refractivity contribution in [2.24, 2.45) is 0 Å². The van der Waals surface area contributed by atoms with E-state index in [1.165, 1.54) is 30.1 Å². The van der Waals surface area contributed by atoms with Crippen LogP contribution >= 0.6 is 11.3 Å². The van der Waals surface area contributed by atoms with Gasteiger partial charge in [0.05, 0.1) is 31.1 Å². The van der Waals surface area contributed by atoms with Gasteiger partial charge in [-0.05, 0) is 48.2 Å². The summed E-state index contributed by atoms with van der Waals surface area (Å²) >= 11 is 1.23. The minimum Gasteiger partial charge on any atom is -0.497 e. The first-order valence-electron chi connectivity index (χ1n) is 9.75. The Kier molecular flexibility index (Phi) is 5.83. The topological polar surface area (TPSA) is 91.6 Å². The van der Waals surface area contributed by atoms with Crippen molar-refractivity contribution in [2.45, 2.75) is 13.5 Å². The second-order valence-electron chi connectivity index (χ2n) is 7.10. The van der Waals surface area contributed by atoms with Gasteiger partial charge in [-0.25, -0.2) is 9.36 Å². The van der Waals surface area contributed by atoms with E-state index in [-0.39, 0.29) is 6.54 Å². The van der Waals surface area contributed by atoms with Crippen molar-refractivity contribution in [3.05, 3.63) is 80.3 Å². The molecule has 0 aliphatic rings. The highest BCUT2D eigenvalue weighted by molar-refractivity contribution is 7.17. The van der Waals surface area contributed by atoms with Gasteiger partial charge in [-0.3, -0.25) is 14.2 Å². The number of aromatic nitrogens is 2. The lowest BCUT2D eigenvalue weighted by Crippen LogP contribution is -2.40. The van der Waals surface area contributed by atoms with Crippen LogP contribution in [0.1, 0.15) is 5.56 Å². The largest absolute Gasteiger partial charge is 0.497 e. The first-order chi connectivity index (χ1) is 15.4. The molecule has 0 saturated carbocycles. The Morgan fingerprint density at radius 1 is 1.06 bits per heavy atom. The Labute approximate surface area is 187 Å². The molecule has 0 spiro atoms. The maximum absolute atomic E-state index is 13.3. The fourth-order valence-corrected chi connectivity index (χ4v) is 4.29. The molecule has 2 heterocycles. The van der Waals surface area contributed by atoms with Gasteiger partial charge in [-0.2, -0.15) is 0 Å². The fourth-order valence-electron chi connectivity index (χ4n) is 3.47. The zero-order valence-electron chi connectivity index (χ0n) is 17.7. The number of thiophene rings is 1. The summed E-state index contributed by atoms with van der Waals surface area (Å²) in [6.07, 6.45) is 0. The molecule has 0 radical (unpaired) electrons. The number of carbonyl (C=O) groups is 1. The number of nitrogens with one attached hydrogen (secondary N) is 1. The Bertz CT molecular complexity index is 1430. The average molecular weight is 452 g/mol. The summed E-state index contributed by atoms with van der Waals surface area (Å²) < 4.78 is 13.3. The highest BCUT2D eigenvalue weighted by Crippen LogP contribution is 2.29. The molecule has 9 heteroatoms. The molecule has 8 nitrogen and oxygen atoms in total. The molecule has 0 atom stereocenters. The van der Waals surface area contributed by atoms with Crippen LogP contribution in [-0.4, -0.2) is 29.3 Å². The molecule has 164 valence electrons. The Morgan fingerprint density at radius 2 is 1.88 bits per heavy atom. The number of amides is 1. The number of fused-ring (bicyclic) bond motifs is 1. The number of ether oxygens (including phenoxy) is 2. The molecular weight excluding hydrogens is 430 g/mol. The van der Waals surface area contributed by atoms with Crippen molar-refractivity contribution in [1.82, 2.24) is 9.13 Å². The molecular formula is C23H21N3O5S. The van der Waals surface area contributed by atoms with E-state index in [0.717, 1.165) is 10.1 Å². The number of hydrogen-bond donors (Lipinski definition) is 1. The van der Waals surface area contributed by atoms with Crippen LogP contribution in [0.15, 0.2) is 63.5 Å². The Morgan fingerprint density at radius 3 is 2.59 bits per heavy atom. The molecule has 1 amide bonds. The van der Waals surface area contributed by atoms with E-state index in [9.17, 15) is 14.4 Å². The van der Waals surface area contributed by atoms with Gasteiger partial charge in [0.15, 0.2) is 0 Å². The van der Waals surface area contributed by atoms with Crippen LogP contribution in [-0.2, 0) is 11.3 Å². The quantitative estimate of drug-likeness (QED) is 0.486. The van der Waals surface area contributed by atoms with Crippen LogP contribution in [0.4, 0.5) is 5.69 Å². The van der Waals surface area contributed by atoms with Crippen LogP contribution in [0, 0.1) is 6.92 Å². The van der Waals surface area contributed by atoms with Gasteiger partial charge >= 0.3 is 5.69 Å². The lowest BCUT2D eigenvalue weighted by molar-refractivity contribution is -0.116. The molecule has 0 saturated heterocycles. The maximum atomic E-state index is 13.3. The lowest BCUT2D eigenvalue weighted by Gasteiger charge is -2.14. The minimum absolute atomic E-state index is 0.270. The Balaban J connectivity index is 1.75. The molecule has 0 fully saturated rings. The van der Waals surface area contributed by atoms with Gasteiger partial charge in [0.2, 0.25) is 5.91 Å². The second-order valence-corrected chi connectivity index (χ2v) is 8.01. The third-order valence-electron chi connectivity index (χ3n) is 5.00. The van der Waals surface area contributed by atoms with Crippen molar-refractivity contribution in [3.63, 3.8) is 0 Å². The molecule has 0 aliphatic carbocycles. The Hall–Kier alpha value is -3.85. The molecule has 0 bridgehead atoms. The van der Waals surface area contributed by atoms with Crippen LogP contribution < -0.4 is 26.0 Å². The van der Waals surface area contributed by atoms with E-state index in [0.29, 0.717) is 33.1 Å². The van der Waals surface area contributed by atoms with E-state index >= 15 is 0 Å². The van der Waals surface area contributed by atoms with Crippen molar-refractivity contribution in [2.75, 3.05) is 19.5 Å². The number of rotatable bonds is 6. The summed E-state index contributed by atoms with van der Waals surface area (Å²) in [5, 5.41) is 4.49. The predicted octanol–water partition coefficient (Wildman–Crippen LogP) is 3.18. The molecule has 0 unspecified atom stereocenters. The zero-order valence-corrected chi connectivity index (χ0v) is 18.6. The zero-order chi connectivity index (χ0) is 22.8. The summed E-state index contributed by atoms with van der Waals surface area (Å²) in [4.78, 5) is 39.2. The van der Waals surface area contributed by atoms with Crippen molar-refractivity contribution in [3.8, 4) is 17.2 Å². The summed E-state index contributed by atoms with van der Waals surface area (Å²) in [6.45, 7) is 1.61. The normalized spacial score (nSPS) is 10.8. The van der Waals surface area contributed by atoms with Crippen LogP contribution in [0.5, 0.6) is 11.5 Å².